The van der Waals surface area contributed by atoms with Crippen LogP contribution >= 0.6 is 11.3 Å². The van der Waals surface area contributed by atoms with Crippen LogP contribution < -0.4 is 4.90 Å². The van der Waals surface area contributed by atoms with Crippen molar-refractivity contribution in [1.82, 2.24) is 14.8 Å². The maximum absolute atomic E-state index is 11.6. The highest BCUT2D eigenvalue weighted by atomic mass is 32.1. The lowest BCUT2D eigenvalue weighted by molar-refractivity contribution is -0.116. The first-order chi connectivity index (χ1) is 11.2. The molecule has 0 saturated carbocycles. The van der Waals surface area contributed by atoms with E-state index in [1.54, 1.807) is 23.2 Å². The van der Waals surface area contributed by atoms with Crippen LogP contribution in [0.2, 0.25) is 0 Å². The molecule has 0 unspecified atom stereocenters. The van der Waals surface area contributed by atoms with Gasteiger partial charge in [0.1, 0.15) is 0 Å². The summed E-state index contributed by atoms with van der Waals surface area (Å²) in [7, 11) is 0. The summed E-state index contributed by atoms with van der Waals surface area (Å²) in [4.78, 5) is 23.3. The Balaban J connectivity index is 1.58. The van der Waals surface area contributed by atoms with Crippen LogP contribution in [0.3, 0.4) is 0 Å². The number of rotatable bonds is 5. The van der Waals surface area contributed by atoms with Gasteiger partial charge in [-0.15, -0.1) is 11.3 Å². The quantitative estimate of drug-likeness (QED) is 0.828. The molecule has 3 rings (SSSR count). The van der Waals surface area contributed by atoms with Crippen LogP contribution in [0, 0.1) is 0 Å². The van der Waals surface area contributed by atoms with Crippen LogP contribution in [0.1, 0.15) is 45.2 Å². The molecule has 23 heavy (non-hydrogen) atoms. The van der Waals surface area contributed by atoms with Crippen LogP contribution in [-0.4, -0.2) is 59.5 Å². The fraction of sp³-hybridized carbons (Fsp3) is 0.765. The van der Waals surface area contributed by atoms with Gasteiger partial charge < -0.3 is 0 Å². The third-order valence-corrected chi connectivity index (χ3v) is 5.90. The van der Waals surface area contributed by atoms with E-state index in [9.17, 15) is 4.79 Å². The molecule has 3 heterocycles. The first kappa shape index (κ1) is 16.9. The SMILES string of the molecule is CCN(C(C)=O)c1nc(CN2CCC[C@H](N3CCCC3)C2)cs1. The number of carbonyl (C=O) groups is 1. The van der Waals surface area contributed by atoms with Gasteiger partial charge in [-0.25, -0.2) is 4.98 Å². The second kappa shape index (κ2) is 7.73. The third-order valence-electron chi connectivity index (χ3n) is 4.99. The normalized spacial score (nSPS) is 23.3. The number of piperidine rings is 1. The van der Waals surface area contributed by atoms with Crippen molar-refractivity contribution < 1.29 is 4.79 Å². The first-order valence-corrected chi connectivity index (χ1v) is 9.74. The molecule has 2 aliphatic heterocycles. The lowest BCUT2D eigenvalue weighted by Crippen LogP contribution is -2.46. The zero-order valence-corrected chi connectivity index (χ0v) is 15.1. The maximum Gasteiger partial charge on any atom is 0.225 e. The first-order valence-electron chi connectivity index (χ1n) is 8.86. The number of hydrogen-bond acceptors (Lipinski definition) is 5. The van der Waals surface area contributed by atoms with E-state index in [0.29, 0.717) is 6.54 Å². The molecule has 0 aliphatic carbocycles. The van der Waals surface area contributed by atoms with Crippen molar-refractivity contribution in [3.63, 3.8) is 0 Å². The molecule has 1 amide bonds. The zero-order chi connectivity index (χ0) is 16.2. The number of nitrogens with zero attached hydrogens (tertiary/aromatic N) is 4. The average Bonchev–Trinajstić information content (AvgIpc) is 3.20. The molecular weight excluding hydrogens is 308 g/mol. The van der Waals surface area contributed by atoms with Crippen LogP contribution in [0.5, 0.6) is 0 Å². The second-order valence-corrected chi connectivity index (χ2v) is 7.50. The van der Waals surface area contributed by atoms with Crippen LogP contribution in [-0.2, 0) is 11.3 Å². The summed E-state index contributed by atoms with van der Waals surface area (Å²) in [6.45, 7) is 10.1. The number of hydrogen-bond donors (Lipinski definition) is 0. The summed E-state index contributed by atoms with van der Waals surface area (Å²) in [6, 6.07) is 0.730. The Morgan fingerprint density at radius 3 is 2.83 bits per heavy atom. The van der Waals surface area contributed by atoms with Crippen molar-refractivity contribution >= 4 is 22.4 Å². The summed E-state index contributed by atoms with van der Waals surface area (Å²) < 4.78 is 0. The van der Waals surface area contributed by atoms with E-state index < -0.39 is 0 Å². The van der Waals surface area contributed by atoms with E-state index >= 15 is 0 Å². The van der Waals surface area contributed by atoms with Gasteiger partial charge in [0.2, 0.25) is 5.91 Å². The van der Waals surface area contributed by atoms with E-state index in [-0.39, 0.29) is 5.91 Å². The van der Waals surface area contributed by atoms with E-state index in [2.05, 4.69) is 20.2 Å². The number of aromatic nitrogens is 1. The molecule has 0 radical (unpaired) electrons. The maximum atomic E-state index is 11.6. The largest absolute Gasteiger partial charge is 0.299 e. The molecule has 2 saturated heterocycles. The minimum atomic E-state index is 0.0699. The number of anilines is 1. The van der Waals surface area contributed by atoms with E-state index in [1.165, 1.54) is 45.3 Å². The van der Waals surface area contributed by atoms with Crippen LogP contribution in [0.4, 0.5) is 5.13 Å². The highest BCUT2D eigenvalue weighted by Crippen LogP contribution is 2.24. The van der Waals surface area contributed by atoms with Crippen LogP contribution in [0.15, 0.2) is 5.38 Å². The predicted octanol–water partition coefficient (Wildman–Crippen LogP) is 2.58. The van der Waals surface area contributed by atoms with E-state index in [0.717, 1.165) is 30.0 Å². The van der Waals surface area contributed by atoms with Crippen molar-refractivity contribution in [3.8, 4) is 0 Å². The minimum Gasteiger partial charge on any atom is -0.299 e. The van der Waals surface area contributed by atoms with Gasteiger partial charge in [0.15, 0.2) is 5.13 Å². The van der Waals surface area contributed by atoms with Gasteiger partial charge in [0.25, 0.3) is 0 Å². The fourth-order valence-electron chi connectivity index (χ4n) is 3.79. The molecular formula is C17H28N4OS. The van der Waals surface area contributed by atoms with Gasteiger partial charge in [-0.1, -0.05) is 0 Å². The molecule has 2 aliphatic rings. The fourth-order valence-corrected chi connectivity index (χ4v) is 4.72. The van der Waals surface area contributed by atoms with Crippen molar-refractivity contribution in [2.75, 3.05) is 37.6 Å². The van der Waals surface area contributed by atoms with Gasteiger partial charge in [0.05, 0.1) is 5.69 Å². The zero-order valence-electron chi connectivity index (χ0n) is 14.3. The molecule has 1 aromatic heterocycles. The molecule has 1 aromatic rings. The van der Waals surface area contributed by atoms with Crippen LogP contribution in [0.25, 0.3) is 0 Å². The van der Waals surface area contributed by atoms with Gasteiger partial charge in [0, 0.05) is 38.0 Å². The molecule has 2 fully saturated rings. The topological polar surface area (TPSA) is 39.7 Å². The number of likely N-dealkylation sites (tertiary alicyclic amines) is 2. The van der Waals surface area contributed by atoms with Gasteiger partial charge >= 0.3 is 0 Å². The molecule has 0 spiro atoms. The Bertz CT molecular complexity index is 526. The highest BCUT2D eigenvalue weighted by molar-refractivity contribution is 7.14. The third kappa shape index (κ3) is 4.11. The van der Waals surface area contributed by atoms with Crippen molar-refractivity contribution in [3.05, 3.63) is 11.1 Å². The Morgan fingerprint density at radius 1 is 1.35 bits per heavy atom. The molecule has 5 nitrogen and oxygen atoms in total. The van der Waals surface area contributed by atoms with Crippen molar-refractivity contribution in [1.29, 1.82) is 0 Å². The van der Waals surface area contributed by atoms with Gasteiger partial charge in [-0.3, -0.25) is 19.5 Å². The van der Waals surface area contributed by atoms with Gasteiger partial charge in [-0.05, 0) is 52.2 Å². The molecule has 0 bridgehead atoms. The predicted molar refractivity (Wildman–Crippen MR) is 94.9 cm³/mol. The van der Waals surface area contributed by atoms with E-state index in [4.69, 9.17) is 0 Å². The summed E-state index contributed by atoms with van der Waals surface area (Å²) >= 11 is 1.58. The van der Waals surface area contributed by atoms with Crippen molar-refractivity contribution in [2.24, 2.45) is 0 Å². The molecule has 0 aromatic carbocycles. The summed E-state index contributed by atoms with van der Waals surface area (Å²) in [5.41, 5.74) is 1.10. The number of thiazole rings is 1. The summed E-state index contributed by atoms with van der Waals surface area (Å²) in [6.07, 6.45) is 5.35. The molecule has 1 atom stereocenters. The standard InChI is InChI=1S/C17H28N4OS/c1-3-21(14(2)22)17-18-15(13-23-17)11-19-8-6-7-16(12-19)20-9-4-5-10-20/h13,16H,3-12H2,1-2H3/t16-/m0/s1. The smallest absolute Gasteiger partial charge is 0.225 e. The molecule has 0 N–H and O–H groups in total. The van der Waals surface area contributed by atoms with Crippen molar-refractivity contribution in [2.45, 2.75) is 52.1 Å². The number of amides is 1. The van der Waals surface area contributed by atoms with Gasteiger partial charge in [-0.2, -0.15) is 0 Å². The lowest BCUT2D eigenvalue weighted by atomic mass is 10.0. The number of carbonyl (C=O) groups excluding carboxylic acids is 1. The Hall–Kier alpha value is -0.980. The molecule has 128 valence electrons. The average molecular weight is 337 g/mol. The Labute approximate surface area is 143 Å². The highest BCUT2D eigenvalue weighted by Gasteiger charge is 2.27. The molecule has 6 heteroatoms. The second-order valence-electron chi connectivity index (χ2n) is 6.66. The minimum absolute atomic E-state index is 0.0699. The Morgan fingerprint density at radius 2 is 2.13 bits per heavy atom. The summed E-state index contributed by atoms with van der Waals surface area (Å²) in [5, 5.41) is 2.95. The van der Waals surface area contributed by atoms with E-state index in [1.807, 2.05) is 6.92 Å². The Kier molecular flexibility index (Phi) is 5.67. The monoisotopic (exact) mass is 336 g/mol. The lowest BCUT2D eigenvalue weighted by Gasteiger charge is -2.37. The summed E-state index contributed by atoms with van der Waals surface area (Å²) in [5.74, 6) is 0.0699.